The Hall–Kier alpha value is -1.91. The summed E-state index contributed by atoms with van der Waals surface area (Å²) in [4.78, 5) is 12.9. The van der Waals surface area contributed by atoms with Crippen molar-refractivity contribution in [1.82, 2.24) is 0 Å². The van der Waals surface area contributed by atoms with Crippen molar-refractivity contribution in [3.63, 3.8) is 0 Å². The molecular weight excluding hydrogens is 388 g/mol. The first-order chi connectivity index (χ1) is 14.7. The SMILES string of the molecule is CC(C)C1=C2C3C[C@@H](OC(=O)c4ccccc4)C(CO)=C[C@H](O)[C@]3(C)CC[C@@]2(C)CC1. The van der Waals surface area contributed by atoms with Crippen molar-refractivity contribution in [2.75, 3.05) is 6.61 Å². The lowest BCUT2D eigenvalue weighted by atomic mass is 9.54. The second-order valence-electron chi connectivity index (χ2n) is 10.6. The van der Waals surface area contributed by atoms with Crippen LogP contribution in [0.15, 0.2) is 53.1 Å². The van der Waals surface area contributed by atoms with E-state index in [0.717, 1.165) is 25.7 Å². The van der Waals surface area contributed by atoms with Gasteiger partial charge in [0.15, 0.2) is 0 Å². The van der Waals surface area contributed by atoms with Crippen LogP contribution in [0.2, 0.25) is 0 Å². The molecule has 4 rings (SSSR count). The summed E-state index contributed by atoms with van der Waals surface area (Å²) in [5.41, 5.74) is 3.95. The summed E-state index contributed by atoms with van der Waals surface area (Å²) in [7, 11) is 0. The van der Waals surface area contributed by atoms with Crippen molar-refractivity contribution in [2.45, 2.75) is 72.0 Å². The van der Waals surface area contributed by atoms with Crippen LogP contribution in [0.25, 0.3) is 0 Å². The second kappa shape index (κ2) is 8.22. The molecule has 0 saturated heterocycles. The standard InChI is InChI=1S/C27H36O4/c1-17(2)20-10-11-26(3)12-13-27(4)21(24(20)26)15-22(19(16-28)14-23(27)29)31-25(30)18-8-6-5-7-9-18/h5-9,14,17,21-23,28-29H,10-13,15-16H2,1-4H3/t21?,22-,23+,26-,27-/m1/s1. The van der Waals surface area contributed by atoms with Crippen LogP contribution in [0.3, 0.4) is 0 Å². The number of aliphatic hydroxyl groups is 2. The molecule has 4 nitrogen and oxygen atoms in total. The van der Waals surface area contributed by atoms with Gasteiger partial charge in [-0.05, 0) is 67.1 Å². The average molecular weight is 425 g/mol. The first-order valence-electron chi connectivity index (χ1n) is 11.7. The number of rotatable bonds is 4. The predicted octanol–water partition coefficient (Wildman–Crippen LogP) is 5.06. The third kappa shape index (κ3) is 3.78. The predicted molar refractivity (Wildman–Crippen MR) is 121 cm³/mol. The maximum absolute atomic E-state index is 12.9. The molecule has 31 heavy (non-hydrogen) atoms. The smallest absolute Gasteiger partial charge is 0.338 e. The van der Waals surface area contributed by atoms with Gasteiger partial charge in [-0.25, -0.2) is 4.79 Å². The van der Waals surface area contributed by atoms with Gasteiger partial charge in [-0.1, -0.05) is 63.1 Å². The lowest BCUT2D eigenvalue weighted by molar-refractivity contribution is -0.0187. The lowest BCUT2D eigenvalue weighted by Crippen LogP contribution is -2.46. The molecule has 0 aromatic heterocycles. The number of fused-ring (bicyclic) bond motifs is 3. The summed E-state index contributed by atoms with van der Waals surface area (Å²) < 4.78 is 5.98. The molecule has 0 spiro atoms. The summed E-state index contributed by atoms with van der Waals surface area (Å²) in [5, 5.41) is 21.4. The van der Waals surface area contributed by atoms with E-state index in [1.54, 1.807) is 18.2 Å². The average Bonchev–Trinajstić information content (AvgIpc) is 3.07. The van der Waals surface area contributed by atoms with Gasteiger partial charge < -0.3 is 14.9 Å². The zero-order valence-corrected chi connectivity index (χ0v) is 19.2. The first kappa shape index (κ1) is 22.3. The van der Waals surface area contributed by atoms with E-state index in [2.05, 4.69) is 27.7 Å². The number of carbonyl (C=O) groups excluding carboxylic acids is 1. The van der Waals surface area contributed by atoms with Crippen LogP contribution in [0.4, 0.5) is 0 Å². The number of esters is 1. The Bertz CT molecular complexity index is 899. The van der Waals surface area contributed by atoms with Gasteiger partial charge in [0.25, 0.3) is 0 Å². The molecule has 0 heterocycles. The highest BCUT2D eigenvalue weighted by molar-refractivity contribution is 5.89. The van der Waals surface area contributed by atoms with Gasteiger partial charge in [-0.2, -0.15) is 0 Å². The molecule has 0 bridgehead atoms. The highest BCUT2D eigenvalue weighted by Gasteiger charge is 2.55. The number of allylic oxidation sites excluding steroid dienone is 2. The maximum Gasteiger partial charge on any atom is 0.338 e. The Balaban J connectivity index is 1.74. The molecule has 0 aliphatic heterocycles. The van der Waals surface area contributed by atoms with Crippen LogP contribution in [0.1, 0.15) is 70.2 Å². The molecule has 0 radical (unpaired) electrons. The van der Waals surface area contributed by atoms with Gasteiger partial charge in [-0.15, -0.1) is 0 Å². The van der Waals surface area contributed by atoms with Crippen molar-refractivity contribution in [3.8, 4) is 0 Å². The van der Waals surface area contributed by atoms with Crippen molar-refractivity contribution in [2.24, 2.45) is 22.7 Å². The van der Waals surface area contributed by atoms with Gasteiger partial charge in [0, 0.05) is 5.41 Å². The molecule has 5 atom stereocenters. The van der Waals surface area contributed by atoms with Gasteiger partial charge in [0.2, 0.25) is 0 Å². The van der Waals surface area contributed by atoms with E-state index >= 15 is 0 Å². The highest BCUT2D eigenvalue weighted by Crippen LogP contribution is 2.63. The number of benzene rings is 1. The summed E-state index contributed by atoms with van der Waals surface area (Å²) in [6.07, 6.45) is 5.43. The Morgan fingerprint density at radius 2 is 1.87 bits per heavy atom. The van der Waals surface area contributed by atoms with Crippen LogP contribution in [-0.2, 0) is 4.74 Å². The highest BCUT2D eigenvalue weighted by atomic mass is 16.5. The Morgan fingerprint density at radius 1 is 1.16 bits per heavy atom. The molecular formula is C27H36O4. The van der Waals surface area contributed by atoms with E-state index in [-0.39, 0.29) is 29.3 Å². The Labute approximate surface area is 186 Å². The second-order valence-corrected chi connectivity index (χ2v) is 10.6. The zero-order chi connectivity index (χ0) is 22.4. The van der Waals surface area contributed by atoms with E-state index in [0.29, 0.717) is 23.5 Å². The van der Waals surface area contributed by atoms with E-state index in [1.807, 2.05) is 18.2 Å². The largest absolute Gasteiger partial charge is 0.454 e. The summed E-state index contributed by atoms with van der Waals surface area (Å²) in [5.74, 6) is 0.205. The van der Waals surface area contributed by atoms with Crippen LogP contribution in [0.5, 0.6) is 0 Å². The topological polar surface area (TPSA) is 66.8 Å². The fraction of sp³-hybridized carbons (Fsp3) is 0.593. The van der Waals surface area contributed by atoms with E-state index in [4.69, 9.17) is 4.74 Å². The monoisotopic (exact) mass is 424 g/mol. The number of carbonyl (C=O) groups is 1. The fourth-order valence-corrected chi connectivity index (χ4v) is 6.28. The maximum atomic E-state index is 12.9. The molecule has 1 saturated carbocycles. The normalized spacial score (nSPS) is 35.3. The number of hydrogen-bond acceptors (Lipinski definition) is 4. The summed E-state index contributed by atoms with van der Waals surface area (Å²) in [6, 6.07) is 8.99. The molecule has 1 aromatic rings. The van der Waals surface area contributed by atoms with Crippen LogP contribution < -0.4 is 0 Å². The van der Waals surface area contributed by atoms with Crippen molar-refractivity contribution < 1.29 is 19.7 Å². The fourth-order valence-electron chi connectivity index (χ4n) is 6.28. The molecule has 0 amide bonds. The molecule has 1 fully saturated rings. The summed E-state index contributed by atoms with van der Waals surface area (Å²) >= 11 is 0. The molecule has 168 valence electrons. The third-order valence-corrected chi connectivity index (χ3v) is 8.35. The zero-order valence-electron chi connectivity index (χ0n) is 19.2. The van der Waals surface area contributed by atoms with Crippen molar-refractivity contribution >= 4 is 5.97 Å². The summed E-state index contributed by atoms with van der Waals surface area (Å²) in [6.45, 7) is 8.85. The molecule has 3 aliphatic rings. The van der Waals surface area contributed by atoms with E-state index < -0.39 is 12.2 Å². The molecule has 2 N–H and O–H groups in total. The van der Waals surface area contributed by atoms with Gasteiger partial charge >= 0.3 is 5.97 Å². The molecule has 3 aliphatic carbocycles. The first-order valence-corrected chi connectivity index (χ1v) is 11.7. The van der Waals surface area contributed by atoms with Crippen LogP contribution in [0, 0.1) is 22.7 Å². The molecule has 4 heteroatoms. The minimum atomic E-state index is -0.675. The minimum Gasteiger partial charge on any atom is -0.454 e. The number of ether oxygens (including phenoxy) is 1. The van der Waals surface area contributed by atoms with E-state index in [9.17, 15) is 15.0 Å². The lowest BCUT2D eigenvalue weighted by Gasteiger charge is -2.51. The van der Waals surface area contributed by atoms with Crippen molar-refractivity contribution in [1.29, 1.82) is 0 Å². The Morgan fingerprint density at radius 3 is 2.52 bits per heavy atom. The minimum absolute atomic E-state index is 0.120. The van der Waals surface area contributed by atoms with Gasteiger partial charge in [0.1, 0.15) is 6.10 Å². The van der Waals surface area contributed by atoms with Crippen LogP contribution in [-0.4, -0.2) is 35.0 Å². The van der Waals surface area contributed by atoms with Gasteiger partial charge in [0.05, 0.1) is 18.3 Å². The van der Waals surface area contributed by atoms with Gasteiger partial charge in [-0.3, -0.25) is 0 Å². The number of hydrogen-bond donors (Lipinski definition) is 2. The Kier molecular flexibility index (Phi) is 5.91. The molecule has 1 unspecified atom stereocenters. The number of aliphatic hydroxyl groups excluding tert-OH is 2. The van der Waals surface area contributed by atoms with Crippen molar-refractivity contribution in [3.05, 3.63) is 58.7 Å². The quantitative estimate of drug-likeness (QED) is 0.523. The van der Waals surface area contributed by atoms with E-state index in [1.165, 1.54) is 11.1 Å². The molecule has 1 aromatic carbocycles. The van der Waals surface area contributed by atoms with Crippen LogP contribution >= 0.6 is 0 Å². The third-order valence-electron chi connectivity index (χ3n) is 8.35.